The Hall–Kier alpha value is -1.34. The van der Waals surface area contributed by atoms with E-state index in [0.29, 0.717) is 23.6 Å². The average molecular weight is 336 g/mol. The van der Waals surface area contributed by atoms with Crippen molar-refractivity contribution in [2.45, 2.75) is 70.0 Å². The number of hydrogen-bond donors (Lipinski definition) is 0. The van der Waals surface area contributed by atoms with Crippen molar-refractivity contribution in [3.05, 3.63) is 23.2 Å². The summed E-state index contributed by atoms with van der Waals surface area (Å²) in [5, 5.41) is 9.19. The van der Waals surface area contributed by atoms with Gasteiger partial charge in [0, 0.05) is 18.2 Å². The van der Waals surface area contributed by atoms with Crippen LogP contribution in [0.4, 0.5) is 0 Å². The number of ether oxygens (including phenoxy) is 1. The first-order chi connectivity index (χ1) is 11.0. The summed E-state index contributed by atoms with van der Waals surface area (Å²) >= 11 is 1.64. The monoisotopic (exact) mass is 336 g/mol. The van der Waals surface area contributed by atoms with E-state index in [4.69, 9.17) is 9.15 Å². The first-order valence-corrected chi connectivity index (χ1v) is 9.13. The minimum Gasteiger partial charge on any atom is -0.424 e. The lowest BCUT2D eigenvalue weighted by molar-refractivity contribution is 0.0945. The number of nitrogens with zero attached hydrogens (tertiary/aromatic N) is 4. The van der Waals surface area contributed by atoms with Gasteiger partial charge in [-0.25, -0.2) is 4.98 Å². The Morgan fingerprint density at radius 3 is 2.78 bits per heavy atom. The van der Waals surface area contributed by atoms with Crippen LogP contribution in [0.15, 0.2) is 9.57 Å². The largest absolute Gasteiger partial charge is 0.424 e. The van der Waals surface area contributed by atoms with Gasteiger partial charge in [0.05, 0.1) is 24.1 Å². The van der Waals surface area contributed by atoms with E-state index in [0.717, 1.165) is 36.8 Å². The maximum Gasteiger partial charge on any atom is 0.226 e. The fourth-order valence-electron chi connectivity index (χ4n) is 2.63. The highest BCUT2D eigenvalue weighted by Gasteiger charge is 2.21. The van der Waals surface area contributed by atoms with Gasteiger partial charge in [0.1, 0.15) is 0 Å². The van der Waals surface area contributed by atoms with Crippen LogP contribution in [0.25, 0.3) is 0 Å². The molecule has 7 heteroatoms. The van der Waals surface area contributed by atoms with Crippen LogP contribution < -0.4 is 0 Å². The zero-order valence-corrected chi connectivity index (χ0v) is 15.0. The van der Waals surface area contributed by atoms with E-state index in [1.165, 1.54) is 5.69 Å². The van der Waals surface area contributed by atoms with Crippen LogP contribution in [0.3, 0.4) is 0 Å². The molecule has 0 bridgehead atoms. The number of rotatable bonds is 6. The smallest absolute Gasteiger partial charge is 0.226 e. The van der Waals surface area contributed by atoms with Crippen LogP contribution in [0.2, 0.25) is 0 Å². The lowest BCUT2D eigenvalue weighted by Gasteiger charge is -2.14. The molecule has 1 fully saturated rings. The van der Waals surface area contributed by atoms with Crippen molar-refractivity contribution >= 4 is 11.8 Å². The highest BCUT2D eigenvalue weighted by atomic mass is 32.2. The molecule has 0 radical (unpaired) electrons. The molecule has 3 heterocycles. The second-order valence-electron chi connectivity index (χ2n) is 6.29. The number of thioether (sulfide) groups is 1. The third kappa shape index (κ3) is 3.77. The quantitative estimate of drug-likeness (QED) is 0.753. The summed E-state index contributed by atoms with van der Waals surface area (Å²) < 4.78 is 13.7. The van der Waals surface area contributed by atoms with E-state index in [1.54, 1.807) is 11.8 Å². The predicted molar refractivity (Wildman–Crippen MR) is 88.6 cm³/mol. The fraction of sp³-hybridized carbons (Fsp3) is 0.688. The third-order valence-corrected chi connectivity index (χ3v) is 5.10. The molecule has 2 aromatic heterocycles. The van der Waals surface area contributed by atoms with E-state index in [2.05, 4.69) is 33.6 Å². The van der Waals surface area contributed by atoms with Crippen molar-refractivity contribution in [1.29, 1.82) is 0 Å². The zero-order chi connectivity index (χ0) is 16.4. The molecule has 1 saturated heterocycles. The van der Waals surface area contributed by atoms with E-state index in [-0.39, 0.29) is 5.92 Å². The van der Waals surface area contributed by atoms with Gasteiger partial charge in [-0.2, -0.15) is 0 Å². The number of aromatic nitrogens is 4. The second kappa shape index (κ2) is 7.05. The summed E-state index contributed by atoms with van der Waals surface area (Å²) in [6, 6.07) is 0. The molecule has 2 aromatic rings. The van der Waals surface area contributed by atoms with Crippen molar-refractivity contribution in [2.75, 3.05) is 6.61 Å². The molecule has 1 atom stereocenters. The Kier molecular flexibility index (Phi) is 5.06. The molecule has 0 aromatic carbocycles. The molecule has 23 heavy (non-hydrogen) atoms. The normalized spacial score (nSPS) is 18.2. The standard InChI is InChI=1S/C16H24N4O2S/c1-10(2)15-19-18-14(22-15)9-23-16-17-11(3)12(4)20(16)8-13-6-5-7-21-13/h10,13H,5-9H2,1-4H3/t13-/m1/s1. The van der Waals surface area contributed by atoms with Crippen molar-refractivity contribution in [3.63, 3.8) is 0 Å². The molecular formula is C16H24N4O2S. The lowest BCUT2D eigenvalue weighted by Crippen LogP contribution is -2.16. The molecule has 0 aliphatic carbocycles. The van der Waals surface area contributed by atoms with Gasteiger partial charge in [-0.1, -0.05) is 25.6 Å². The van der Waals surface area contributed by atoms with Crippen molar-refractivity contribution in [3.8, 4) is 0 Å². The molecule has 1 aliphatic rings. The maximum absolute atomic E-state index is 5.77. The van der Waals surface area contributed by atoms with Crippen LogP contribution in [0, 0.1) is 13.8 Å². The Morgan fingerprint density at radius 1 is 1.30 bits per heavy atom. The molecule has 6 nitrogen and oxygen atoms in total. The van der Waals surface area contributed by atoms with Gasteiger partial charge in [-0.3, -0.25) is 0 Å². The second-order valence-corrected chi connectivity index (χ2v) is 7.23. The summed E-state index contributed by atoms with van der Waals surface area (Å²) in [4.78, 5) is 4.69. The van der Waals surface area contributed by atoms with Crippen LogP contribution in [0.5, 0.6) is 0 Å². The van der Waals surface area contributed by atoms with Crippen molar-refractivity contribution in [2.24, 2.45) is 0 Å². The van der Waals surface area contributed by atoms with Crippen LogP contribution in [0.1, 0.15) is 55.8 Å². The average Bonchev–Trinajstić information content (AvgIpc) is 3.23. The minimum atomic E-state index is 0.257. The molecule has 3 rings (SSSR count). The fourth-order valence-corrected chi connectivity index (χ4v) is 3.56. The first kappa shape index (κ1) is 16.5. The van der Waals surface area contributed by atoms with E-state index in [9.17, 15) is 0 Å². The molecule has 0 unspecified atom stereocenters. The molecule has 0 saturated carbocycles. The number of aryl methyl sites for hydroxylation is 1. The van der Waals surface area contributed by atoms with Gasteiger partial charge in [-0.15, -0.1) is 10.2 Å². The molecular weight excluding hydrogens is 312 g/mol. The molecule has 0 amide bonds. The van der Waals surface area contributed by atoms with Crippen LogP contribution in [-0.4, -0.2) is 32.5 Å². The summed E-state index contributed by atoms with van der Waals surface area (Å²) in [6.45, 7) is 10.0. The first-order valence-electron chi connectivity index (χ1n) is 8.15. The molecule has 1 aliphatic heterocycles. The van der Waals surface area contributed by atoms with Crippen molar-refractivity contribution < 1.29 is 9.15 Å². The third-order valence-electron chi connectivity index (χ3n) is 4.13. The minimum absolute atomic E-state index is 0.257. The van der Waals surface area contributed by atoms with Gasteiger partial charge >= 0.3 is 0 Å². The summed E-state index contributed by atoms with van der Waals surface area (Å²) in [7, 11) is 0. The summed E-state index contributed by atoms with van der Waals surface area (Å²) in [5.74, 6) is 2.24. The van der Waals surface area contributed by atoms with Crippen LogP contribution in [-0.2, 0) is 17.0 Å². The number of hydrogen-bond acceptors (Lipinski definition) is 6. The summed E-state index contributed by atoms with van der Waals surface area (Å²) in [5.41, 5.74) is 2.27. The van der Waals surface area contributed by atoms with E-state index >= 15 is 0 Å². The SMILES string of the molecule is Cc1nc(SCc2nnc(C(C)C)o2)n(C[C@H]2CCCO2)c1C. The Morgan fingerprint density at radius 2 is 2.13 bits per heavy atom. The van der Waals surface area contributed by atoms with Gasteiger partial charge in [0.25, 0.3) is 0 Å². The maximum atomic E-state index is 5.77. The Bertz CT molecular complexity index is 659. The molecule has 126 valence electrons. The predicted octanol–water partition coefficient (Wildman–Crippen LogP) is 3.48. The van der Waals surface area contributed by atoms with Gasteiger partial charge in [0.15, 0.2) is 5.16 Å². The molecule has 0 N–H and O–H groups in total. The van der Waals surface area contributed by atoms with E-state index in [1.807, 2.05) is 13.8 Å². The van der Waals surface area contributed by atoms with Gasteiger partial charge < -0.3 is 13.7 Å². The highest BCUT2D eigenvalue weighted by Crippen LogP contribution is 2.27. The lowest BCUT2D eigenvalue weighted by atomic mass is 10.2. The Balaban J connectivity index is 1.69. The number of imidazole rings is 1. The highest BCUT2D eigenvalue weighted by molar-refractivity contribution is 7.98. The summed E-state index contributed by atoms with van der Waals surface area (Å²) in [6.07, 6.45) is 2.58. The molecule has 0 spiro atoms. The van der Waals surface area contributed by atoms with Gasteiger partial charge in [0.2, 0.25) is 11.8 Å². The topological polar surface area (TPSA) is 66.0 Å². The van der Waals surface area contributed by atoms with Crippen LogP contribution >= 0.6 is 11.8 Å². The van der Waals surface area contributed by atoms with Gasteiger partial charge in [-0.05, 0) is 26.7 Å². The van der Waals surface area contributed by atoms with Crippen molar-refractivity contribution in [1.82, 2.24) is 19.7 Å². The Labute approximate surface area is 141 Å². The zero-order valence-electron chi connectivity index (χ0n) is 14.2. The van der Waals surface area contributed by atoms with E-state index < -0.39 is 0 Å².